The van der Waals surface area contributed by atoms with Crippen LogP contribution in [0.4, 0.5) is 0 Å². The van der Waals surface area contributed by atoms with Gasteiger partial charge in [-0.2, -0.15) is 0 Å². The van der Waals surface area contributed by atoms with E-state index in [1.165, 1.54) is 199 Å². The average Bonchev–Trinajstić information content (AvgIpc) is 3.24. The molecule has 0 aliphatic rings. The van der Waals surface area contributed by atoms with E-state index in [2.05, 4.69) is 34.6 Å². The van der Waals surface area contributed by atoms with Crippen molar-refractivity contribution in [2.75, 3.05) is 13.2 Å². The molecule has 1 atom stereocenters. The Labute approximate surface area is 387 Å². The van der Waals surface area contributed by atoms with Crippen LogP contribution in [0, 0.1) is 11.8 Å². The van der Waals surface area contributed by atoms with Gasteiger partial charge in [0.25, 0.3) is 0 Å². The van der Waals surface area contributed by atoms with E-state index in [9.17, 15) is 14.4 Å². The highest BCUT2D eigenvalue weighted by Crippen LogP contribution is 2.18. The van der Waals surface area contributed by atoms with Crippen LogP contribution in [-0.2, 0) is 28.6 Å². The monoisotopic (exact) mass is 877 g/mol. The van der Waals surface area contributed by atoms with E-state index >= 15 is 0 Å². The predicted octanol–water partition coefficient (Wildman–Crippen LogP) is 18.1. The van der Waals surface area contributed by atoms with Gasteiger partial charge in [-0.15, -0.1) is 0 Å². The SMILES string of the molecule is CCCCCCCCCCCCCCCCC(=O)OC[C@@H](COC(=O)CCCCCCCCCCCCCCCCCCC(C)C)OC(=O)CCCCCCCCCCC(C)C. The smallest absolute Gasteiger partial charge is 0.306 e. The van der Waals surface area contributed by atoms with Crippen LogP contribution in [0.5, 0.6) is 0 Å². The van der Waals surface area contributed by atoms with E-state index in [0.29, 0.717) is 19.3 Å². The molecule has 0 aliphatic heterocycles. The number of carbonyl (C=O) groups excluding carboxylic acids is 3. The summed E-state index contributed by atoms with van der Waals surface area (Å²) < 4.78 is 16.8. The van der Waals surface area contributed by atoms with Gasteiger partial charge in [0, 0.05) is 19.3 Å². The van der Waals surface area contributed by atoms with Crippen LogP contribution in [0.1, 0.15) is 311 Å². The number of hydrogen-bond acceptors (Lipinski definition) is 6. The van der Waals surface area contributed by atoms with Gasteiger partial charge < -0.3 is 14.2 Å². The maximum atomic E-state index is 12.8. The molecule has 6 nitrogen and oxygen atoms in total. The minimum Gasteiger partial charge on any atom is -0.462 e. The van der Waals surface area contributed by atoms with Crippen LogP contribution < -0.4 is 0 Å². The van der Waals surface area contributed by atoms with Gasteiger partial charge in [0.1, 0.15) is 13.2 Å². The minimum atomic E-state index is -0.762. The Bertz CT molecular complexity index is 947. The summed E-state index contributed by atoms with van der Waals surface area (Å²) in [6.07, 6.45) is 51.0. The second-order valence-electron chi connectivity index (χ2n) is 20.2. The second-order valence-corrected chi connectivity index (χ2v) is 20.2. The van der Waals surface area contributed by atoms with Gasteiger partial charge in [0.15, 0.2) is 6.10 Å². The zero-order chi connectivity index (χ0) is 45.4. The first-order valence-corrected chi connectivity index (χ1v) is 27.7. The fourth-order valence-electron chi connectivity index (χ4n) is 8.52. The van der Waals surface area contributed by atoms with Crippen LogP contribution in [0.2, 0.25) is 0 Å². The zero-order valence-electron chi connectivity index (χ0n) is 42.5. The van der Waals surface area contributed by atoms with E-state index in [0.717, 1.165) is 69.6 Å². The Kier molecular flexibility index (Phi) is 47.6. The molecule has 0 saturated carbocycles. The highest BCUT2D eigenvalue weighted by atomic mass is 16.6. The molecule has 0 amide bonds. The lowest BCUT2D eigenvalue weighted by atomic mass is 10.0. The van der Waals surface area contributed by atoms with Crippen LogP contribution >= 0.6 is 0 Å². The van der Waals surface area contributed by atoms with Gasteiger partial charge in [-0.1, -0.05) is 272 Å². The molecule has 6 heteroatoms. The molecule has 0 radical (unpaired) electrons. The molecule has 0 spiro atoms. The maximum absolute atomic E-state index is 12.8. The summed E-state index contributed by atoms with van der Waals surface area (Å²) in [5.74, 6) is 0.801. The third-order valence-electron chi connectivity index (χ3n) is 12.7. The van der Waals surface area contributed by atoms with E-state index < -0.39 is 6.10 Å². The molecular weight excluding hydrogens is 769 g/mol. The highest BCUT2D eigenvalue weighted by molar-refractivity contribution is 5.71. The summed E-state index contributed by atoms with van der Waals surface area (Å²) in [5, 5.41) is 0. The number of hydrogen-bond donors (Lipinski definition) is 0. The Hall–Kier alpha value is -1.59. The molecule has 0 bridgehead atoms. The van der Waals surface area contributed by atoms with Crippen molar-refractivity contribution in [3.8, 4) is 0 Å². The number of ether oxygens (including phenoxy) is 3. The zero-order valence-corrected chi connectivity index (χ0v) is 42.5. The summed E-state index contributed by atoms with van der Waals surface area (Å²) >= 11 is 0. The van der Waals surface area contributed by atoms with E-state index in [1.807, 2.05) is 0 Å². The fourth-order valence-corrected chi connectivity index (χ4v) is 8.52. The molecule has 0 heterocycles. The van der Waals surface area contributed by atoms with Crippen molar-refractivity contribution < 1.29 is 28.6 Å². The van der Waals surface area contributed by atoms with Crippen LogP contribution in [0.3, 0.4) is 0 Å². The summed E-state index contributed by atoms with van der Waals surface area (Å²) in [7, 11) is 0. The summed E-state index contributed by atoms with van der Waals surface area (Å²) in [6.45, 7) is 11.4. The summed E-state index contributed by atoms with van der Waals surface area (Å²) in [4.78, 5) is 38.0. The standard InChI is InChI=1S/C56H108O6/c1-6-7-8-9-10-11-12-13-19-22-25-31-36-41-46-54(57)60-49-53(62-56(59)48-43-38-33-28-27-30-35-40-45-52(4)5)50-61-55(58)47-42-37-32-26-23-20-17-15-14-16-18-21-24-29-34-39-44-51(2)3/h51-53H,6-50H2,1-5H3/t53-/m0/s1. The quantitative estimate of drug-likeness (QED) is 0.0344. The highest BCUT2D eigenvalue weighted by Gasteiger charge is 2.19. The second kappa shape index (κ2) is 48.9. The van der Waals surface area contributed by atoms with Gasteiger partial charge >= 0.3 is 17.9 Å². The van der Waals surface area contributed by atoms with E-state index in [1.54, 1.807) is 0 Å². The van der Waals surface area contributed by atoms with Gasteiger partial charge in [-0.25, -0.2) is 0 Å². The molecule has 0 aromatic rings. The Morgan fingerprint density at radius 3 is 0.790 bits per heavy atom. The van der Waals surface area contributed by atoms with Crippen molar-refractivity contribution in [2.45, 2.75) is 317 Å². The molecule has 0 aromatic heterocycles. The first kappa shape index (κ1) is 60.4. The fraction of sp³-hybridized carbons (Fsp3) is 0.946. The molecule has 0 aromatic carbocycles. The largest absolute Gasteiger partial charge is 0.462 e. The lowest BCUT2D eigenvalue weighted by molar-refractivity contribution is -0.167. The first-order chi connectivity index (χ1) is 30.2. The Balaban J connectivity index is 4.24. The molecule has 0 unspecified atom stereocenters. The predicted molar refractivity (Wildman–Crippen MR) is 266 cm³/mol. The number of rotatable bonds is 50. The van der Waals surface area contributed by atoms with E-state index in [4.69, 9.17) is 14.2 Å². The van der Waals surface area contributed by atoms with E-state index in [-0.39, 0.29) is 31.1 Å². The molecule has 368 valence electrons. The summed E-state index contributed by atoms with van der Waals surface area (Å²) in [6, 6.07) is 0. The van der Waals surface area contributed by atoms with Gasteiger partial charge in [-0.3, -0.25) is 14.4 Å². The molecule has 0 N–H and O–H groups in total. The van der Waals surface area contributed by atoms with Gasteiger partial charge in [-0.05, 0) is 31.1 Å². The Morgan fingerprint density at radius 1 is 0.306 bits per heavy atom. The van der Waals surface area contributed by atoms with Crippen molar-refractivity contribution >= 4 is 17.9 Å². The van der Waals surface area contributed by atoms with Crippen molar-refractivity contribution in [1.29, 1.82) is 0 Å². The number of carbonyl (C=O) groups is 3. The van der Waals surface area contributed by atoms with Gasteiger partial charge in [0.05, 0.1) is 0 Å². The van der Waals surface area contributed by atoms with Crippen molar-refractivity contribution in [2.24, 2.45) is 11.8 Å². The summed E-state index contributed by atoms with van der Waals surface area (Å²) in [5.41, 5.74) is 0. The number of unbranched alkanes of at least 4 members (excludes halogenated alkanes) is 35. The van der Waals surface area contributed by atoms with Crippen molar-refractivity contribution in [1.82, 2.24) is 0 Å². The molecule has 0 saturated heterocycles. The Morgan fingerprint density at radius 2 is 0.532 bits per heavy atom. The average molecular weight is 877 g/mol. The topological polar surface area (TPSA) is 78.9 Å². The van der Waals surface area contributed by atoms with Gasteiger partial charge in [0.2, 0.25) is 0 Å². The van der Waals surface area contributed by atoms with Crippen molar-refractivity contribution in [3.63, 3.8) is 0 Å². The molecule has 62 heavy (non-hydrogen) atoms. The molecular formula is C56H108O6. The van der Waals surface area contributed by atoms with Crippen LogP contribution in [0.25, 0.3) is 0 Å². The number of esters is 3. The molecule has 0 aliphatic carbocycles. The third kappa shape index (κ3) is 49.4. The molecule has 0 fully saturated rings. The lowest BCUT2D eigenvalue weighted by Gasteiger charge is -2.18. The van der Waals surface area contributed by atoms with Crippen molar-refractivity contribution in [3.05, 3.63) is 0 Å². The lowest BCUT2D eigenvalue weighted by Crippen LogP contribution is -2.30. The van der Waals surface area contributed by atoms with Crippen LogP contribution in [-0.4, -0.2) is 37.2 Å². The first-order valence-electron chi connectivity index (χ1n) is 27.7. The normalized spacial score (nSPS) is 12.0. The molecule has 0 rings (SSSR count). The minimum absolute atomic E-state index is 0.0635. The van der Waals surface area contributed by atoms with Crippen LogP contribution in [0.15, 0.2) is 0 Å². The maximum Gasteiger partial charge on any atom is 0.306 e. The third-order valence-corrected chi connectivity index (χ3v) is 12.7.